The second-order valence-corrected chi connectivity index (χ2v) is 6.57. The van der Waals surface area contributed by atoms with E-state index in [9.17, 15) is 4.79 Å². The molecule has 2 aromatic rings. The van der Waals surface area contributed by atoms with Gasteiger partial charge in [-0.2, -0.15) is 0 Å². The Labute approximate surface area is 192 Å². The summed E-state index contributed by atoms with van der Waals surface area (Å²) in [5.74, 6) is 1.07. The lowest BCUT2D eigenvalue weighted by molar-refractivity contribution is -0.114. The molecule has 0 fully saturated rings. The molecule has 0 heterocycles. The molecular weight excluding hydrogens is 514 g/mol. The first-order valence-corrected chi connectivity index (χ1v) is 9.01. The van der Waals surface area contributed by atoms with Crippen LogP contribution in [-0.4, -0.2) is 26.0 Å². The Bertz CT molecular complexity index is 847. The lowest BCUT2D eigenvalue weighted by Crippen LogP contribution is -2.36. The normalized spacial score (nSPS) is 10.7. The van der Waals surface area contributed by atoms with Crippen LogP contribution in [0, 0.1) is 0 Å². The fourth-order valence-electron chi connectivity index (χ4n) is 2.40. The Morgan fingerprint density at radius 1 is 1.11 bits per heavy atom. The first-order chi connectivity index (χ1) is 12.9. The van der Waals surface area contributed by atoms with Crippen molar-refractivity contribution < 1.29 is 9.53 Å². The van der Waals surface area contributed by atoms with Crippen molar-refractivity contribution in [1.29, 1.82) is 0 Å². The van der Waals surface area contributed by atoms with Gasteiger partial charge in [0.15, 0.2) is 5.96 Å². The molecule has 3 N–H and O–H groups in total. The third-order valence-corrected chi connectivity index (χ3v) is 4.31. The zero-order chi connectivity index (χ0) is 19.8. The van der Waals surface area contributed by atoms with E-state index in [0.717, 1.165) is 11.1 Å². The Morgan fingerprint density at radius 2 is 1.82 bits per heavy atom. The van der Waals surface area contributed by atoms with Gasteiger partial charge in [-0.15, -0.1) is 24.0 Å². The van der Waals surface area contributed by atoms with Crippen molar-refractivity contribution in [1.82, 2.24) is 10.6 Å². The number of guanidine groups is 1. The minimum Gasteiger partial charge on any atom is -0.495 e. The molecule has 0 saturated heterocycles. The molecular formula is C19H23Cl2IN4O2. The summed E-state index contributed by atoms with van der Waals surface area (Å²) < 4.78 is 5.26. The van der Waals surface area contributed by atoms with E-state index in [0.29, 0.717) is 40.5 Å². The Balaban J connectivity index is 0.00000392. The number of aliphatic imine (C=N–C) groups is 1. The number of anilines is 1. The van der Waals surface area contributed by atoms with E-state index in [1.54, 1.807) is 26.3 Å². The summed E-state index contributed by atoms with van der Waals surface area (Å²) in [6.45, 7) is 2.48. The fourth-order valence-corrected chi connectivity index (χ4v) is 2.88. The third-order valence-electron chi connectivity index (χ3n) is 3.72. The highest BCUT2D eigenvalue weighted by atomic mass is 127. The van der Waals surface area contributed by atoms with Crippen LogP contribution < -0.4 is 20.7 Å². The molecule has 0 atom stereocenters. The highest BCUT2D eigenvalue weighted by Gasteiger charge is 2.07. The van der Waals surface area contributed by atoms with Crippen LogP contribution in [0.3, 0.4) is 0 Å². The van der Waals surface area contributed by atoms with Gasteiger partial charge in [0.25, 0.3) is 0 Å². The van der Waals surface area contributed by atoms with Gasteiger partial charge >= 0.3 is 0 Å². The topological polar surface area (TPSA) is 74.8 Å². The number of carbonyl (C=O) groups excluding carboxylic acids is 1. The van der Waals surface area contributed by atoms with Crippen LogP contribution >= 0.6 is 47.2 Å². The van der Waals surface area contributed by atoms with Crippen molar-refractivity contribution in [3.05, 3.63) is 57.6 Å². The smallest absolute Gasteiger partial charge is 0.221 e. The number of nitrogens with zero attached hydrogens (tertiary/aromatic N) is 1. The highest BCUT2D eigenvalue weighted by molar-refractivity contribution is 14.0. The molecule has 6 nitrogen and oxygen atoms in total. The number of hydrogen-bond donors (Lipinski definition) is 3. The molecule has 0 bridgehead atoms. The second kappa shape index (κ2) is 12.0. The molecule has 2 rings (SSSR count). The molecule has 0 aromatic heterocycles. The average molecular weight is 537 g/mol. The lowest BCUT2D eigenvalue weighted by Gasteiger charge is -2.14. The van der Waals surface area contributed by atoms with Crippen LogP contribution in [0.2, 0.25) is 10.0 Å². The number of ether oxygens (including phenoxy) is 1. The van der Waals surface area contributed by atoms with Gasteiger partial charge in [-0.05, 0) is 35.4 Å². The van der Waals surface area contributed by atoms with Crippen molar-refractivity contribution in [2.24, 2.45) is 4.99 Å². The van der Waals surface area contributed by atoms with Crippen molar-refractivity contribution >= 4 is 64.7 Å². The van der Waals surface area contributed by atoms with Gasteiger partial charge in [0, 0.05) is 37.1 Å². The van der Waals surface area contributed by atoms with Gasteiger partial charge in [0.1, 0.15) is 5.75 Å². The van der Waals surface area contributed by atoms with Crippen LogP contribution in [0.1, 0.15) is 18.1 Å². The summed E-state index contributed by atoms with van der Waals surface area (Å²) in [6.07, 6.45) is 0. The van der Waals surface area contributed by atoms with E-state index in [2.05, 4.69) is 20.9 Å². The Morgan fingerprint density at radius 3 is 2.43 bits per heavy atom. The number of nitrogens with one attached hydrogen (secondary N) is 3. The van der Waals surface area contributed by atoms with E-state index in [-0.39, 0.29) is 29.9 Å². The summed E-state index contributed by atoms with van der Waals surface area (Å²) in [5.41, 5.74) is 2.51. The number of halogens is 3. The summed E-state index contributed by atoms with van der Waals surface area (Å²) in [7, 11) is 3.25. The molecule has 0 aliphatic rings. The second-order valence-electron chi connectivity index (χ2n) is 5.73. The Hall–Kier alpha value is -1.71. The number of rotatable bonds is 6. The molecule has 0 unspecified atom stereocenters. The van der Waals surface area contributed by atoms with Gasteiger partial charge < -0.3 is 20.7 Å². The molecule has 9 heteroatoms. The van der Waals surface area contributed by atoms with E-state index < -0.39 is 0 Å². The number of hydrogen-bond acceptors (Lipinski definition) is 3. The first-order valence-electron chi connectivity index (χ1n) is 8.26. The van der Waals surface area contributed by atoms with Crippen LogP contribution in [-0.2, 0) is 17.9 Å². The molecule has 1 amide bonds. The SMILES string of the molecule is CN=C(NCc1ccc(OC)c(NC(C)=O)c1)NCc1ccc(Cl)cc1Cl.I. The average Bonchev–Trinajstić information content (AvgIpc) is 2.63. The number of carbonyl (C=O) groups is 1. The van der Waals surface area contributed by atoms with E-state index in [4.69, 9.17) is 27.9 Å². The summed E-state index contributed by atoms with van der Waals surface area (Å²) in [6, 6.07) is 11.0. The molecule has 28 heavy (non-hydrogen) atoms. The molecule has 0 saturated carbocycles. The van der Waals surface area contributed by atoms with Crippen molar-refractivity contribution in [2.75, 3.05) is 19.5 Å². The third kappa shape index (κ3) is 7.37. The van der Waals surface area contributed by atoms with Crippen LogP contribution in [0.5, 0.6) is 5.75 Å². The maximum atomic E-state index is 11.3. The number of benzene rings is 2. The lowest BCUT2D eigenvalue weighted by atomic mass is 10.2. The van der Waals surface area contributed by atoms with Gasteiger partial charge in [0.2, 0.25) is 5.91 Å². The molecule has 0 radical (unpaired) electrons. The Kier molecular flexibility index (Phi) is 10.4. The van der Waals surface area contributed by atoms with E-state index >= 15 is 0 Å². The summed E-state index contributed by atoms with van der Waals surface area (Å²) >= 11 is 12.1. The molecule has 2 aromatic carbocycles. The fraction of sp³-hybridized carbons (Fsp3) is 0.263. The number of methoxy groups -OCH3 is 1. The predicted octanol–water partition coefficient (Wildman–Crippen LogP) is 4.44. The number of amides is 1. The minimum atomic E-state index is -0.157. The standard InChI is InChI=1S/C19H22Cl2N4O2.HI/c1-12(26)25-17-8-13(4-7-18(17)27-3)10-23-19(22-2)24-11-14-5-6-15(20)9-16(14)21;/h4-9H,10-11H2,1-3H3,(H,25,26)(H2,22,23,24);1H. The van der Waals surface area contributed by atoms with Crippen molar-refractivity contribution in [3.8, 4) is 5.75 Å². The molecule has 152 valence electrons. The van der Waals surface area contributed by atoms with E-state index in [1.165, 1.54) is 6.92 Å². The van der Waals surface area contributed by atoms with Crippen molar-refractivity contribution in [2.45, 2.75) is 20.0 Å². The zero-order valence-electron chi connectivity index (χ0n) is 15.8. The molecule has 0 aliphatic heterocycles. The van der Waals surface area contributed by atoms with Crippen LogP contribution in [0.4, 0.5) is 5.69 Å². The maximum Gasteiger partial charge on any atom is 0.221 e. The van der Waals surface area contributed by atoms with Crippen LogP contribution in [0.25, 0.3) is 0 Å². The van der Waals surface area contributed by atoms with Gasteiger partial charge in [-0.25, -0.2) is 0 Å². The van der Waals surface area contributed by atoms with E-state index in [1.807, 2.05) is 24.3 Å². The summed E-state index contributed by atoms with van der Waals surface area (Å²) in [4.78, 5) is 15.5. The monoisotopic (exact) mass is 536 g/mol. The highest BCUT2D eigenvalue weighted by Crippen LogP contribution is 2.25. The van der Waals surface area contributed by atoms with Gasteiger partial charge in [-0.3, -0.25) is 9.79 Å². The largest absolute Gasteiger partial charge is 0.495 e. The molecule has 0 spiro atoms. The quantitative estimate of drug-likeness (QED) is 0.290. The maximum absolute atomic E-state index is 11.3. The predicted molar refractivity (Wildman–Crippen MR) is 126 cm³/mol. The van der Waals surface area contributed by atoms with Crippen molar-refractivity contribution in [3.63, 3.8) is 0 Å². The zero-order valence-corrected chi connectivity index (χ0v) is 19.6. The van der Waals surface area contributed by atoms with Crippen LogP contribution in [0.15, 0.2) is 41.4 Å². The first kappa shape index (κ1) is 24.3. The molecule has 0 aliphatic carbocycles. The minimum absolute atomic E-state index is 0. The van der Waals surface area contributed by atoms with Gasteiger partial charge in [0.05, 0.1) is 12.8 Å². The van der Waals surface area contributed by atoms with Gasteiger partial charge in [-0.1, -0.05) is 35.3 Å². The summed E-state index contributed by atoms with van der Waals surface area (Å²) in [5, 5.41) is 10.4.